The maximum absolute atomic E-state index is 6.02. The van der Waals surface area contributed by atoms with Crippen LogP contribution < -0.4 is 14.9 Å². The average Bonchev–Trinajstić information content (AvgIpc) is 3.37. The van der Waals surface area contributed by atoms with Crippen LogP contribution in [0, 0.1) is 0 Å². The normalized spacial score (nSPS) is 14.6. The number of fused-ring (bicyclic) bond motifs is 1. The minimum absolute atomic E-state index is 0.110. The molecule has 0 saturated carbocycles. The summed E-state index contributed by atoms with van der Waals surface area (Å²) in [6, 6.07) is 13.8. The molecule has 0 bridgehead atoms. The van der Waals surface area contributed by atoms with E-state index in [0.717, 1.165) is 41.3 Å². The van der Waals surface area contributed by atoms with Crippen molar-refractivity contribution in [2.45, 2.75) is 39.3 Å². The van der Waals surface area contributed by atoms with Crippen molar-refractivity contribution in [3.8, 4) is 11.5 Å². The molecule has 0 radical (unpaired) electrons. The van der Waals surface area contributed by atoms with E-state index in [0.29, 0.717) is 6.61 Å². The van der Waals surface area contributed by atoms with Crippen molar-refractivity contribution >= 4 is 17.9 Å². The van der Waals surface area contributed by atoms with Gasteiger partial charge < -0.3 is 19.9 Å². The highest BCUT2D eigenvalue weighted by Gasteiger charge is 2.09. The number of hydrogen-bond acceptors (Lipinski definition) is 5. The fraction of sp³-hybridized carbons (Fsp3) is 0.241. The number of nitrogens with zero attached hydrogens (tertiary/aromatic N) is 2. The van der Waals surface area contributed by atoms with Gasteiger partial charge in [0, 0.05) is 23.7 Å². The highest BCUT2D eigenvalue weighted by molar-refractivity contribution is 5.96. The molecule has 4 rings (SSSR count). The lowest BCUT2D eigenvalue weighted by atomic mass is 9.97. The van der Waals surface area contributed by atoms with E-state index in [-0.39, 0.29) is 6.04 Å². The molecular formula is C29H32N4O2. The third-order valence-corrected chi connectivity index (χ3v) is 5.75. The van der Waals surface area contributed by atoms with Crippen LogP contribution in [0.5, 0.6) is 11.5 Å². The number of benzene rings is 1. The van der Waals surface area contributed by atoms with Crippen molar-refractivity contribution in [3.05, 3.63) is 101 Å². The monoisotopic (exact) mass is 468 g/mol. The summed E-state index contributed by atoms with van der Waals surface area (Å²) in [4.78, 5) is 7.61. The van der Waals surface area contributed by atoms with Gasteiger partial charge in [0.2, 0.25) is 0 Å². The van der Waals surface area contributed by atoms with Crippen molar-refractivity contribution in [1.82, 2.24) is 15.4 Å². The summed E-state index contributed by atoms with van der Waals surface area (Å²) in [5.74, 6) is 1.53. The van der Waals surface area contributed by atoms with E-state index in [1.165, 1.54) is 16.8 Å². The Bertz CT molecular complexity index is 1240. The Morgan fingerprint density at radius 3 is 2.94 bits per heavy atom. The fourth-order valence-electron chi connectivity index (χ4n) is 3.75. The summed E-state index contributed by atoms with van der Waals surface area (Å²) >= 11 is 0. The smallest absolute Gasteiger partial charge is 0.130 e. The molecule has 0 spiro atoms. The maximum Gasteiger partial charge on any atom is 0.130 e. The Morgan fingerprint density at radius 2 is 2.11 bits per heavy atom. The molecule has 1 aliphatic carbocycles. The molecule has 1 unspecified atom stereocenters. The number of nitrogens with one attached hydrogen (secondary N) is 2. The molecule has 0 saturated heterocycles. The van der Waals surface area contributed by atoms with Gasteiger partial charge >= 0.3 is 0 Å². The maximum atomic E-state index is 6.02. The van der Waals surface area contributed by atoms with E-state index in [9.17, 15) is 0 Å². The molecule has 2 N–H and O–H groups in total. The number of aromatic amines is 1. The molecule has 1 aromatic carbocycles. The fourth-order valence-corrected chi connectivity index (χ4v) is 3.75. The van der Waals surface area contributed by atoms with E-state index in [1.54, 1.807) is 13.3 Å². The number of allylic oxidation sites excluding steroid dienone is 3. The lowest BCUT2D eigenvalue weighted by Gasteiger charge is -2.11. The number of hydrogen-bond donors (Lipinski definition) is 2. The number of ether oxygens (including phenoxy) is 2. The first-order chi connectivity index (χ1) is 17.1. The highest BCUT2D eigenvalue weighted by Crippen LogP contribution is 2.26. The first-order valence-electron chi connectivity index (χ1n) is 11.8. The van der Waals surface area contributed by atoms with Gasteiger partial charge in [-0.05, 0) is 92.5 Å². The van der Waals surface area contributed by atoms with Crippen LogP contribution in [0.3, 0.4) is 0 Å². The molecule has 6 heteroatoms. The van der Waals surface area contributed by atoms with Crippen LogP contribution >= 0.6 is 0 Å². The number of methoxy groups -OCH3 is 1. The Kier molecular flexibility index (Phi) is 8.17. The highest BCUT2D eigenvalue weighted by atomic mass is 16.5. The first-order valence-corrected chi connectivity index (χ1v) is 11.8. The van der Waals surface area contributed by atoms with E-state index in [4.69, 9.17) is 9.47 Å². The van der Waals surface area contributed by atoms with Crippen molar-refractivity contribution in [3.63, 3.8) is 0 Å². The number of pyridine rings is 1. The van der Waals surface area contributed by atoms with Crippen molar-refractivity contribution in [2.75, 3.05) is 7.11 Å². The van der Waals surface area contributed by atoms with Gasteiger partial charge in [0.05, 0.1) is 24.6 Å². The molecule has 180 valence electrons. The van der Waals surface area contributed by atoms with E-state index in [1.807, 2.05) is 61.7 Å². The predicted molar refractivity (Wildman–Crippen MR) is 143 cm³/mol. The van der Waals surface area contributed by atoms with Gasteiger partial charge in [0.25, 0.3) is 0 Å². The lowest BCUT2D eigenvalue weighted by molar-refractivity contribution is 0.300. The Morgan fingerprint density at radius 1 is 1.20 bits per heavy atom. The summed E-state index contributed by atoms with van der Waals surface area (Å²) in [5.41, 5.74) is 9.79. The van der Waals surface area contributed by atoms with Gasteiger partial charge in [0.15, 0.2) is 0 Å². The number of rotatable bonds is 10. The zero-order valence-corrected chi connectivity index (χ0v) is 20.5. The largest absolute Gasteiger partial charge is 0.497 e. The second-order valence-corrected chi connectivity index (χ2v) is 8.51. The first kappa shape index (κ1) is 24.1. The molecule has 0 fully saturated rings. The standard InChI is InChI=1S/C29H32N4O2/c1-21(7-9-23-10-12-24-15-17-31-28(24)18-23)32-33-22(2)8-11-25-19-27(34-3)13-14-29(25)35-20-26-6-4-5-16-30-26/h4-9,11,13-19,21,31-32H,10,12,20H2,1-3H3/b9-7+,11-8+,33-22+. The lowest BCUT2D eigenvalue weighted by Crippen LogP contribution is -2.19. The van der Waals surface area contributed by atoms with Gasteiger partial charge in [0.1, 0.15) is 18.1 Å². The van der Waals surface area contributed by atoms with Crippen LogP contribution in [0.25, 0.3) is 12.2 Å². The van der Waals surface area contributed by atoms with Gasteiger partial charge in [-0.15, -0.1) is 0 Å². The molecule has 1 aliphatic rings. The molecule has 1 atom stereocenters. The van der Waals surface area contributed by atoms with Crippen LogP contribution in [0.1, 0.15) is 42.8 Å². The van der Waals surface area contributed by atoms with Gasteiger partial charge in [-0.25, -0.2) is 0 Å². The summed E-state index contributed by atoms with van der Waals surface area (Å²) < 4.78 is 11.4. The van der Waals surface area contributed by atoms with Crippen molar-refractivity contribution in [1.29, 1.82) is 0 Å². The topological polar surface area (TPSA) is 71.5 Å². The molecule has 3 aromatic rings. The van der Waals surface area contributed by atoms with E-state index < -0.39 is 0 Å². The molecule has 35 heavy (non-hydrogen) atoms. The Labute approximate surface area is 207 Å². The predicted octanol–water partition coefficient (Wildman–Crippen LogP) is 5.95. The zero-order valence-electron chi connectivity index (χ0n) is 20.5. The average molecular weight is 469 g/mol. The van der Waals surface area contributed by atoms with Crippen LogP contribution in [-0.4, -0.2) is 28.8 Å². The minimum Gasteiger partial charge on any atom is -0.497 e. The van der Waals surface area contributed by atoms with E-state index >= 15 is 0 Å². The summed E-state index contributed by atoms with van der Waals surface area (Å²) in [6.45, 7) is 4.45. The van der Waals surface area contributed by atoms with Crippen LogP contribution in [0.4, 0.5) is 0 Å². The molecule has 0 amide bonds. The molecule has 2 heterocycles. The van der Waals surface area contributed by atoms with Crippen LogP contribution in [0.2, 0.25) is 0 Å². The molecule has 0 aliphatic heterocycles. The minimum atomic E-state index is 0.110. The van der Waals surface area contributed by atoms with Gasteiger partial charge in [-0.1, -0.05) is 18.2 Å². The summed E-state index contributed by atoms with van der Waals surface area (Å²) in [7, 11) is 1.66. The SMILES string of the molecule is COc1ccc(OCc2ccccn2)c(/C=C/C(C)=N/NC(C)/C=C/C2=Cc3[nH]ccc3CC2)c1. The summed E-state index contributed by atoms with van der Waals surface area (Å²) in [5, 5.41) is 4.52. The Balaban J connectivity index is 1.36. The quantitative estimate of drug-likeness (QED) is 0.285. The second-order valence-electron chi connectivity index (χ2n) is 8.51. The number of aryl methyl sites for hydroxylation is 1. The number of aromatic nitrogens is 2. The third-order valence-electron chi connectivity index (χ3n) is 5.75. The zero-order chi connectivity index (χ0) is 24.5. The number of hydrazone groups is 1. The van der Waals surface area contributed by atoms with Crippen LogP contribution in [0.15, 0.2) is 83.8 Å². The van der Waals surface area contributed by atoms with Crippen LogP contribution in [-0.2, 0) is 13.0 Å². The Hall–Kier alpha value is -4.06. The van der Waals surface area contributed by atoms with Gasteiger partial charge in [-0.3, -0.25) is 4.98 Å². The molecular weight excluding hydrogens is 436 g/mol. The third kappa shape index (κ3) is 6.96. The van der Waals surface area contributed by atoms with Crippen molar-refractivity contribution < 1.29 is 9.47 Å². The van der Waals surface area contributed by atoms with Gasteiger partial charge in [-0.2, -0.15) is 5.10 Å². The second kappa shape index (κ2) is 11.9. The summed E-state index contributed by atoms with van der Waals surface area (Å²) in [6.07, 6.45) is 16.4. The number of H-pyrrole nitrogens is 1. The van der Waals surface area contributed by atoms with E-state index in [2.05, 4.69) is 51.7 Å². The molecule has 2 aromatic heterocycles. The molecule has 6 nitrogen and oxygen atoms in total. The van der Waals surface area contributed by atoms with Crippen molar-refractivity contribution in [2.24, 2.45) is 5.10 Å².